The summed E-state index contributed by atoms with van der Waals surface area (Å²) in [5.74, 6) is 0.355. The number of thiocarbonyl (C=S) groups is 1. The first-order valence-electron chi connectivity index (χ1n) is 40.0. The number of phenolic OH excluding ortho intramolecular Hbond substituents is 2. The van der Waals surface area contributed by atoms with Gasteiger partial charge in [-0.05, 0) is 209 Å². The van der Waals surface area contributed by atoms with Crippen molar-refractivity contribution in [3.8, 4) is 57.0 Å². The van der Waals surface area contributed by atoms with E-state index in [4.69, 9.17) is 85.7 Å². The molecule has 0 atom stereocenters. The third-order valence-corrected chi connectivity index (χ3v) is 19.1. The zero-order chi connectivity index (χ0) is 96.7. The van der Waals surface area contributed by atoms with E-state index in [0.29, 0.717) is 56.0 Å². The van der Waals surface area contributed by atoms with E-state index in [-0.39, 0.29) is 82.4 Å². The second-order valence-corrected chi connectivity index (χ2v) is 29.9. The largest absolute Gasteiger partial charge is 2.00 e. The average Bonchev–Trinajstić information content (AvgIpc) is 1.50. The summed E-state index contributed by atoms with van der Waals surface area (Å²) in [6.07, 6.45) is 23.4. The zero-order valence-electron chi connectivity index (χ0n) is 76.5. The first kappa shape index (κ1) is 119. The number of benzene rings is 7. The van der Waals surface area contributed by atoms with Crippen LogP contribution in [0.4, 0.5) is 0 Å². The number of amidine groups is 4. The number of nitriles is 1. The molecule has 1 aromatic heterocycles. The van der Waals surface area contributed by atoms with Crippen molar-refractivity contribution in [2.24, 2.45) is 28.7 Å². The number of carbonyl (C=O) groups excluding carboxylic acids is 5. The van der Waals surface area contributed by atoms with Crippen LogP contribution in [0.3, 0.4) is 0 Å². The molecular formula is C98H123BrClMgN15O12S2. The minimum atomic E-state index is -0.970. The number of aryl methyl sites for hydroxylation is 8. The van der Waals surface area contributed by atoms with Gasteiger partial charge in [0.1, 0.15) is 51.6 Å². The Bertz CT molecular complexity index is 5240. The molecule has 690 valence electrons. The van der Waals surface area contributed by atoms with Crippen LogP contribution in [0.25, 0.3) is 11.4 Å². The SMILES string of the molecule is C=CCBr.C=CCCC(=S)c1c(CC=C)cc(C)cc1OC.C=CCSC#N.C=CCc1cc(C)cc(OC)c1.C=CCc1cc(C)cc(OC)c1-c1nnc(C(N)=O)n1CC=C.COc1c[c-]cc(C)c1.COc1cccc(C)c1.Cc1cc(C)c2c(c1)C/C=C\CN(C(=N)C(N)=O)C2=N.N=C(C(N)=O)N1CCCCc2cc(O)cc(O)c2C1=N.NCC(=O)C(N)=O.[Cl-].[Mg+2]. The molecule has 16 N–H and O–H groups in total. The second kappa shape index (κ2) is 65.9. The van der Waals surface area contributed by atoms with E-state index in [1.54, 1.807) is 64.4 Å². The van der Waals surface area contributed by atoms with Crippen molar-refractivity contribution in [1.29, 1.82) is 26.9 Å². The van der Waals surface area contributed by atoms with Crippen LogP contribution >= 0.6 is 39.9 Å². The topological polar surface area (TPSA) is 458 Å². The molecule has 2 aliphatic heterocycles. The number of thiocyanates is 1. The number of aromatic nitrogens is 3. The predicted molar refractivity (Wildman–Crippen MR) is 532 cm³/mol. The van der Waals surface area contributed by atoms with E-state index in [0.717, 1.165) is 128 Å². The molecule has 3 heterocycles. The second-order valence-electron chi connectivity index (χ2n) is 27.9. The van der Waals surface area contributed by atoms with Gasteiger partial charge in [0.05, 0.1) is 53.2 Å². The van der Waals surface area contributed by atoms with Gasteiger partial charge in [-0.25, -0.2) is 0 Å². The number of amides is 4. The fourth-order valence-electron chi connectivity index (χ4n) is 12.2. The van der Waals surface area contributed by atoms with Crippen LogP contribution in [0, 0.1) is 86.8 Å². The first-order valence-corrected chi connectivity index (χ1v) is 42.5. The number of halogens is 2. The van der Waals surface area contributed by atoms with Gasteiger partial charge in [0.25, 0.3) is 23.6 Å². The Balaban J connectivity index is 0. The van der Waals surface area contributed by atoms with Crippen LogP contribution in [0.1, 0.15) is 120 Å². The number of nitrogens with two attached hydrogens (primary N) is 5. The third-order valence-electron chi connectivity index (χ3n) is 17.8. The number of aromatic hydroxyl groups is 2. The number of rotatable bonds is 24. The third kappa shape index (κ3) is 41.7. The number of nitrogens with one attached hydrogen (secondary N) is 4. The fraction of sp³-hybridized carbons (Fsp3) is 0.276. The molecule has 8 aromatic rings. The van der Waals surface area contributed by atoms with Crippen LogP contribution in [0.5, 0.6) is 40.2 Å². The van der Waals surface area contributed by atoms with Gasteiger partial charge in [0, 0.05) is 58.5 Å². The number of nitrogens with zero attached hydrogens (tertiary/aromatic N) is 6. The number of fused-ring (bicyclic) bond motifs is 2. The van der Waals surface area contributed by atoms with Gasteiger partial charge in [0.15, 0.2) is 17.5 Å². The molecule has 0 unspecified atom stereocenters. The molecule has 0 spiro atoms. The number of thioether (sulfide) groups is 1. The van der Waals surface area contributed by atoms with E-state index in [1.807, 2.05) is 155 Å². The number of allylic oxidation sites excluding steroid dienone is 7. The van der Waals surface area contributed by atoms with Crippen LogP contribution in [0.15, 0.2) is 210 Å². The predicted octanol–water partition coefficient (Wildman–Crippen LogP) is 12.8. The number of ether oxygens (including phenoxy) is 5. The molecule has 0 aliphatic carbocycles. The summed E-state index contributed by atoms with van der Waals surface area (Å²) >= 11 is 9.85. The molecule has 130 heavy (non-hydrogen) atoms. The number of carbonyl (C=O) groups is 5. The van der Waals surface area contributed by atoms with Crippen molar-refractivity contribution >= 4 is 121 Å². The summed E-state index contributed by atoms with van der Waals surface area (Å²) in [7, 11) is 8.30. The summed E-state index contributed by atoms with van der Waals surface area (Å²) in [5, 5.41) is 70.1. The summed E-state index contributed by atoms with van der Waals surface area (Å²) in [5.41, 5.74) is 40.8. The molecule has 0 radical (unpaired) electrons. The molecular weight excluding hydrogens is 1780 g/mol. The number of ketones is 1. The number of primary amides is 4. The van der Waals surface area contributed by atoms with Crippen LogP contribution in [-0.4, -0.2) is 182 Å². The van der Waals surface area contributed by atoms with Gasteiger partial charge in [-0.3, -0.25) is 50.2 Å². The van der Waals surface area contributed by atoms with Crippen molar-refractivity contribution in [2.75, 3.05) is 66.3 Å². The van der Waals surface area contributed by atoms with E-state index in [2.05, 4.69) is 110 Å². The summed E-state index contributed by atoms with van der Waals surface area (Å²) < 4.78 is 27.7. The summed E-state index contributed by atoms with van der Waals surface area (Å²) in [4.78, 5) is 57.0. The van der Waals surface area contributed by atoms with Crippen LogP contribution in [-0.2, 0) is 57.8 Å². The molecule has 2 aliphatic rings. The van der Waals surface area contributed by atoms with Crippen LogP contribution in [0.2, 0.25) is 0 Å². The average molecular weight is 1910 g/mol. The number of alkyl halides is 1. The maximum Gasteiger partial charge on any atom is 2.00 e. The maximum absolute atomic E-state index is 11.6. The molecule has 0 bridgehead atoms. The van der Waals surface area contributed by atoms with Gasteiger partial charge < -0.3 is 84.8 Å². The van der Waals surface area contributed by atoms with Crippen molar-refractivity contribution in [2.45, 2.75) is 113 Å². The minimum absolute atomic E-state index is 0. The zero-order valence-corrected chi connectivity index (χ0v) is 81.9. The molecule has 0 saturated heterocycles. The minimum Gasteiger partial charge on any atom is -1.00 e. The number of hydrogen-bond donors (Lipinski definition) is 11. The monoisotopic (exact) mass is 1900 g/mol. The number of phenols is 2. The van der Waals surface area contributed by atoms with Gasteiger partial charge >= 0.3 is 23.1 Å². The van der Waals surface area contributed by atoms with Crippen molar-refractivity contribution in [1.82, 2.24) is 24.6 Å². The Labute approximate surface area is 806 Å². The van der Waals surface area contributed by atoms with Gasteiger partial charge in [-0.15, -0.1) is 68.4 Å². The Morgan fingerprint density at radius 1 is 0.608 bits per heavy atom. The molecule has 27 nitrogen and oxygen atoms in total. The van der Waals surface area contributed by atoms with Crippen molar-refractivity contribution in [3.05, 3.63) is 305 Å². The van der Waals surface area contributed by atoms with Gasteiger partial charge in [0.2, 0.25) is 11.6 Å². The number of hydrogen-bond acceptors (Lipinski definition) is 22. The van der Waals surface area contributed by atoms with E-state index in [9.17, 15) is 34.2 Å². The van der Waals surface area contributed by atoms with Crippen LogP contribution < -0.4 is 64.8 Å². The Kier molecular flexibility index (Phi) is 60.6. The summed E-state index contributed by atoms with van der Waals surface area (Å²) in [6.45, 7) is 40.4. The normalized spacial score (nSPS) is 11.1. The molecule has 32 heteroatoms. The number of Topliss-reactive ketones (excluding diaryl/α,β-unsaturated/α-hetero) is 1. The molecule has 0 saturated carbocycles. The van der Waals surface area contributed by atoms with Crippen molar-refractivity contribution < 1.29 is 70.3 Å². The quantitative estimate of drug-likeness (QED) is 0.00229. The molecule has 10 rings (SSSR count). The van der Waals surface area contributed by atoms with E-state index >= 15 is 0 Å². The maximum atomic E-state index is 11.6. The smallest absolute Gasteiger partial charge is 1.00 e. The van der Waals surface area contributed by atoms with Crippen molar-refractivity contribution in [3.63, 3.8) is 0 Å². The van der Waals surface area contributed by atoms with Gasteiger partial charge in [-0.1, -0.05) is 138 Å². The first-order chi connectivity index (χ1) is 60.9. The number of methoxy groups -OCH3 is 5. The Morgan fingerprint density at radius 3 is 1.66 bits per heavy atom. The summed E-state index contributed by atoms with van der Waals surface area (Å²) in [6, 6.07) is 37.6. The van der Waals surface area contributed by atoms with Gasteiger partial charge in [-0.2, -0.15) is 23.0 Å². The van der Waals surface area contributed by atoms with E-state index < -0.39 is 35.2 Å². The molecule has 0 fully saturated rings. The molecule has 7 aromatic carbocycles. The standard InChI is InChI=1S/C17H20N4O2.C16H20OS.C15H18N4O.C13H16N4O3.C11H14O.C8H10O.C8H9O.C4H5NS.C3H5Br.C3H6N2O2.ClH.Mg/c1-5-7-12-9-11(3)10-13(23-4)14(12)16-19-20-17(15(18)22)21(16)8-6-2;1-5-7-9-15(18)16-13(8-6-2)10-12(3)11-14(16)17-4;1-9-7-10(2)12-11(8-9)5-3-4-6-19(13(12)16)14(17)15(18)20;14-11-10-7(5-8(18)6-9(10)19)3-1-2-4-17(11)12(15)13(16)20;1-4-5-10-6-9(2)7-11(8-10)12-3;2*1-7-4-3-5-8(6-7)9-2;1-2-3-6-4-5;1-2-3-4;4-1-2(6)3(5)7;;/h5-6,9-10H,1-2,7-8H2,3-4H3,(H2,18,22);5-6,10-11H,1-2,7-9H2,3-4H3;3-4,7-8,16-17H,5-6H2,1-2H3,(H2,18,20);5-6,14-15,18-19H,1-4H2,(H2,16,20);4,6-8H,1,5H2,2-3H3;3-6H,1-2H3;4-6H,1-2H3;2H,1,3H2;2H,1,3H2;1,4H2,(H2,5,7);1H;/q;;;;;;-1;;;;;+2/p-1/b;;4-3-,16-13?,17-14?;;;;;;;;;. The molecule has 4 amide bonds. The Hall–Kier alpha value is -12.5. The van der Waals surface area contributed by atoms with E-state index in [1.165, 1.54) is 61.0 Å². The Morgan fingerprint density at radius 2 is 1.17 bits per heavy atom. The fourth-order valence-corrected chi connectivity index (χ4v) is 12.7.